The van der Waals surface area contributed by atoms with Crippen molar-refractivity contribution in [3.63, 3.8) is 0 Å². The van der Waals surface area contributed by atoms with Crippen LogP contribution < -0.4 is 0 Å². The van der Waals surface area contributed by atoms with Crippen molar-refractivity contribution in [3.05, 3.63) is 18.5 Å². The highest BCUT2D eigenvalue weighted by Gasteiger charge is 2.09. The summed E-state index contributed by atoms with van der Waals surface area (Å²) in [6.45, 7) is 4.90. The molecule has 0 bridgehead atoms. The largest absolute Gasteiger partial charge is 0.303 e. The summed E-state index contributed by atoms with van der Waals surface area (Å²) in [5.74, 6) is 0. The number of likely N-dealkylation sites (tertiary alicyclic amines) is 1. The van der Waals surface area contributed by atoms with Gasteiger partial charge in [-0.2, -0.15) is 5.10 Å². The Balaban J connectivity index is 1.63. The molecule has 1 fully saturated rings. The maximum atomic E-state index is 4.18. The average Bonchev–Trinajstić information content (AvgIpc) is 2.75. The predicted octanol–water partition coefficient (Wildman–Crippen LogP) is 1.37. The van der Waals surface area contributed by atoms with Crippen molar-refractivity contribution in [1.29, 1.82) is 0 Å². The van der Waals surface area contributed by atoms with Gasteiger partial charge in [0.2, 0.25) is 0 Å². The average molecular weight is 179 g/mol. The van der Waals surface area contributed by atoms with Crippen LogP contribution in [0.4, 0.5) is 0 Å². The quantitative estimate of drug-likeness (QED) is 0.696. The highest BCUT2D eigenvalue weighted by Crippen LogP contribution is 2.07. The van der Waals surface area contributed by atoms with Gasteiger partial charge in [0.05, 0.1) is 0 Å². The molecular weight excluding hydrogens is 162 g/mol. The molecule has 0 unspecified atom stereocenters. The van der Waals surface area contributed by atoms with Crippen LogP contribution in [0.2, 0.25) is 0 Å². The summed E-state index contributed by atoms with van der Waals surface area (Å²) in [6, 6.07) is 1.98. The highest BCUT2D eigenvalue weighted by molar-refractivity contribution is 4.77. The highest BCUT2D eigenvalue weighted by atomic mass is 15.3. The summed E-state index contributed by atoms with van der Waals surface area (Å²) >= 11 is 0. The molecular formula is C10H17N3. The van der Waals surface area contributed by atoms with Crippen LogP contribution in [0.3, 0.4) is 0 Å². The molecule has 2 heterocycles. The Morgan fingerprint density at radius 3 is 2.69 bits per heavy atom. The van der Waals surface area contributed by atoms with Crippen LogP contribution in [0, 0.1) is 0 Å². The minimum atomic E-state index is 1.06. The van der Waals surface area contributed by atoms with Crippen LogP contribution in [0.25, 0.3) is 0 Å². The second-order valence-electron chi connectivity index (χ2n) is 3.67. The van der Waals surface area contributed by atoms with E-state index in [2.05, 4.69) is 10.00 Å². The summed E-state index contributed by atoms with van der Waals surface area (Å²) < 4.78 is 2.01. The van der Waals surface area contributed by atoms with Crippen molar-refractivity contribution >= 4 is 0 Å². The third-order valence-corrected chi connectivity index (χ3v) is 2.62. The van der Waals surface area contributed by atoms with Crippen molar-refractivity contribution in [2.24, 2.45) is 0 Å². The van der Waals surface area contributed by atoms with E-state index >= 15 is 0 Å². The number of nitrogens with zero attached hydrogens (tertiary/aromatic N) is 3. The Morgan fingerprint density at radius 1 is 1.15 bits per heavy atom. The molecule has 1 aromatic rings. The van der Waals surface area contributed by atoms with Gasteiger partial charge in [0, 0.05) is 18.9 Å². The molecule has 1 aliphatic heterocycles. The Labute approximate surface area is 79.3 Å². The van der Waals surface area contributed by atoms with Crippen LogP contribution in [-0.4, -0.2) is 34.3 Å². The molecule has 0 amide bonds. The first-order chi connectivity index (χ1) is 6.45. The Morgan fingerprint density at radius 2 is 2.00 bits per heavy atom. The van der Waals surface area contributed by atoms with Crippen molar-refractivity contribution in [3.8, 4) is 0 Å². The molecule has 0 atom stereocenters. The number of hydrogen-bond acceptors (Lipinski definition) is 2. The fourth-order valence-electron chi connectivity index (χ4n) is 1.90. The van der Waals surface area contributed by atoms with E-state index in [0.29, 0.717) is 0 Å². The Hall–Kier alpha value is -0.830. The lowest BCUT2D eigenvalue weighted by atomic mass is 10.4. The van der Waals surface area contributed by atoms with Crippen molar-refractivity contribution < 1.29 is 0 Å². The van der Waals surface area contributed by atoms with E-state index in [-0.39, 0.29) is 0 Å². The van der Waals surface area contributed by atoms with Gasteiger partial charge in [-0.15, -0.1) is 0 Å². The third-order valence-electron chi connectivity index (χ3n) is 2.62. The second-order valence-corrected chi connectivity index (χ2v) is 3.67. The standard InChI is InChI=1S/C10H17N3/c1-2-7-12(6-1)8-4-10-13-9-3-5-11-13/h3,5,9H,1-2,4,6-8,10H2. The molecule has 1 saturated heterocycles. The molecule has 0 N–H and O–H groups in total. The van der Waals surface area contributed by atoms with Crippen LogP contribution in [0.5, 0.6) is 0 Å². The van der Waals surface area contributed by atoms with Gasteiger partial charge in [0.15, 0.2) is 0 Å². The SMILES string of the molecule is c1cnn(CCCN2CCCC2)c1. The maximum absolute atomic E-state index is 4.18. The first kappa shape index (κ1) is 8.75. The van der Waals surface area contributed by atoms with Crippen LogP contribution in [0.1, 0.15) is 19.3 Å². The van der Waals surface area contributed by atoms with Crippen molar-refractivity contribution in [2.45, 2.75) is 25.8 Å². The molecule has 1 aromatic heterocycles. The molecule has 3 heteroatoms. The zero-order chi connectivity index (χ0) is 8.93. The first-order valence-electron chi connectivity index (χ1n) is 5.15. The lowest BCUT2D eigenvalue weighted by Gasteiger charge is -2.13. The van der Waals surface area contributed by atoms with E-state index < -0.39 is 0 Å². The van der Waals surface area contributed by atoms with Gasteiger partial charge in [-0.1, -0.05) is 0 Å². The number of hydrogen-bond donors (Lipinski definition) is 0. The topological polar surface area (TPSA) is 21.1 Å². The van der Waals surface area contributed by atoms with Gasteiger partial charge in [-0.3, -0.25) is 4.68 Å². The minimum absolute atomic E-state index is 1.06. The minimum Gasteiger partial charge on any atom is -0.303 e. The van der Waals surface area contributed by atoms with E-state index in [1.807, 2.05) is 23.1 Å². The van der Waals surface area contributed by atoms with E-state index in [1.54, 1.807) is 0 Å². The van der Waals surface area contributed by atoms with E-state index in [0.717, 1.165) is 6.54 Å². The summed E-state index contributed by atoms with van der Waals surface area (Å²) in [6.07, 6.45) is 7.88. The van der Waals surface area contributed by atoms with E-state index in [1.165, 1.54) is 38.9 Å². The lowest BCUT2D eigenvalue weighted by molar-refractivity contribution is 0.322. The van der Waals surface area contributed by atoms with Crippen molar-refractivity contribution in [1.82, 2.24) is 14.7 Å². The van der Waals surface area contributed by atoms with Gasteiger partial charge in [0.25, 0.3) is 0 Å². The smallest absolute Gasteiger partial charge is 0.0489 e. The number of aryl methyl sites for hydroxylation is 1. The van der Waals surface area contributed by atoms with Gasteiger partial charge in [-0.25, -0.2) is 0 Å². The monoisotopic (exact) mass is 179 g/mol. The molecule has 72 valence electrons. The van der Waals surface area contributed by atoms with E-state index in [4.69, 9.17) is 0 Å². The molecule has 0 saturated carbocycles. The normalized spacial score (nSPS) is 18.2. The Kier molecular flexibility index (Phi) is 2.98. The molecule has 0 radical (unpaired) electrons. The van der Waals surface area contributed by atoms with Crippen molar-refractivity contribution in [2.75, 3.05) is 19.6 Å². The summed E-state index contributed by atoms with van der Waals surface area (Å²) in [5.41, 5.74) is 0. The molecule has 3 nitrogen and oxygen atoms in total. The second kappa shape index (κ2) is 4.42. The molecule has 0 aromatic carbocycles. The first-order valence-corrected chi connectivity index (χ1v) is 5.15. The Bertz CT molecular complexity index is 224. The fraction of sp³-hybridized carbons (Fsp3) is 0.700. The van der Waals surface area contributed by atoms with Gasteiger partial charge < -0.3 is 4.90 Å². The van der Waals surface area contributed by atoms with Gasteiger partial charge >= 0.3 is 0 Å². The zero-order valence-electron chi connectivity index (χ0n) is 8.02. The van der Waals surface area contributed by atoms with E-state index in [9.17, 15) is 0 Å². The van der Waals surface area contributed by atoms with Crippen LogP contribution in [-0.2, 0) is 6.54 Å². The number of rotatable bonds is 4. The lowest BCUT2D eigenvalue weighted by Crippen LogP contribution is -2.21. The predicted molar refractivity (Wildman–Crippen MR) is 52.5 cm³/mol. The third kappa shape index (κ3) is 2.56. The molecule has 2 rings (SSSR count). The summed E-state index contributed by atoms with van der Waals surface area (Å²) in [5, 5.41) is 4.18. The molecule has 1 aliphatic rings. The molecule has 0 spiro atoms. The van der Waals surface area contributed by atoms with Crippen LogP contribution >= 0.6 is 0 Å². The summed E-state index contributed by atoms with van der Waals surface area (Å²) in [4.78, 5) is 2.55. The molecule has 13 heavy (non-hydrogen) atoms. The van der Waals surface area contributed by atoms with Gasteiger partial charge in [0.1, 0.15) is 0 Å². The number of aromatic nitrogens is 2. The zero-order valence-corrected chi connectivity index (χ0v) is 8.02. The van der Waals surface area contributed by atoms with Crippen LogP contribution in [0.15, 0.2) is 18.5 Å². The maximum Gasteiger partial charge on any atom is 0.0489 e. The molecule has 0 aliphatic carbocycles. The summed E-state index contributed by atoms with van der Waals surface area (Å²) in [7, 11) is 0. The van der Waals surface area contributed by atoms with Gasteiger partial charge in [-0.05, 0) is 45.0 Å². The fourth-order valence-corrected chi connectivity index (χ4v) is 1.90.